The number of nitrogens with zero attached hydrogens (tertiary/aromatic N) is 2. The fourth-order valence-electron chi connectivity index (χ4n) is 2.33. The van der Waals surface area contributed by atoms with Crippen LogP contribution < -0.4 is 5.32 Å². The molecule has 2 rings (SSSR count). The highest BCUT2D eigenvalue weighted by Crippen LogP contribution is 2.25. The Labute approximate surface area is 110 Å². The van der Waals surface area contributed by atoms with E-state index in [-0.39, 0.29) is 23.4 Å². The number of anilines is 1. The van der Waals surface area contributed by atoms with Crippen molar-refractivity contribution in [3.63, 3.8) is 0 Å². The van der Waals surface area contributed by atoms with E-state index in [4.69, 9.17) is 5.26 Å². The molecular formula is C13H15N3O3. The normalized spacial score (nSPS) is 22.5. The maximum absolute atomic E-state index is 10.7. The van der Waals surface area contributed by atoms with Crippen molar-refractivity contribution in [3.8, 4) is 6.07 Å². The van der Waals surface area contributed by atoms with E-state index in [1.165, 1.54) is 12.1 Å². The van der Waals surface area contributed by atoms with E-state index >= 15 is 0 Å². The molecular weight excluding hydrogens is 246 g/mol. The quantitative estimate of drug-likeness (QED) is 0.641. The second-order valence-corrected chi connectivity index (χ2v) is 4.75. The van der Waals surface area contributed by atoms with E-state index in [0.717, 1.165) is 25.7 Å². The lowest BCUT2D eigenvalue weighted by atomic mass is 9.93. The number of nitriles is 1. The first kappa shape index (κ1) is 13.3. The highest BCUT2D eigenvalue weighted by atomic mass is 16.6. The molecule has 0 spiro atoms. The van der Waals surface area contributed by atoms with Crippen molar-refractivity contribution in [2.24, 2.45) is 0 Å². The molecule has 0 saturated heterocycles. The van der Waals surface area contributed by atoms with Gasteiger partial charge in [0.1, 0.15) is 11.6 Å². The van der Waals surface area contributed by atoms with Crippen molar-refractivity contribution in [1.29, 1.82) is 5.26 Å². The summed E-state index contributed by atoms with van der Waals surface area (Å²) in [6.45, 7) is 0. The molecule has 100 valence electrons. The zero-order chi connectivity index (χ0) is 13.8. The zero-order valence-corrected chi connectivity index (χ0v) is 10.4. The first-order valence-corrected chi connectivity index (χ1v) is 6.23. The SMILES string of the molecule is N#Cc1cc(NC2CCC(O)CC2)ccc1[N+](=O)[O-]. The molecule has 0 bridgehead atoms. The molecule has 0 radical (unpaired) electrons. The molecule has 1 aliphatic carbocycles. The number of rotatable bonds is 3. The van der Waals surface area contributed by atoms with Crippen molar-refractivity contribution in [1.82, 2.24) is 0 Å². The minimum Gasteiger partial charge on any atom is -0.393 e. The van der Waals surface area contributed by atoms with Gasteiger partial charge in [0.2, 0.25) is 0 Å². The van der Waals surface area contributed by atoms with Crippen LogP contribution in [-0.4, -0.2) is 22.2 Å². The summed E-state index contributed by atoms with van der Waals surface area (Å²) in [7, 11) is 0. The largest absolute Gasteiger partial charge is 0.393 e. The molecule has 19 heavy (non-hydrogen) atoms. The minimum atomic E-state index is -0.556. The Bertz CT molecular complexity index is 516. The summed E-state index contributed by atoms with van der Waals surface area (Å²) < 4.78 is 0. The zero-order valence-electron chi connectivity index (χ0n) is 10.4. The molecule has 6 heteroatoms. The van der Waals surface area contributed by atoms with E-state index in [9.17, 15) is 15.2 Å². The van der Waals surface area contributed by atoms with Crippen LogP contribution in [0.4, 0.5) is 11.4 Å². The molecule has 0 amide bonds. The molecule has 0 atom stereocenters. The summed E-state index contributed by atoms with van der Waals surface area (Å²) in [6.07, 6.45) is 3.02. The Morgan fingerprint density at radius 3 is 2.63 bits per heavy atom. The Hall–Kier alpha value is -2.13. The summed E-state index contributed by atoms with van der Waals surface area (Å²) in [5.41, 5.74) is 0.599. The van der Waals surface area contributed by atoms with Gasteiger partial charge in [0, 0.05) is 17.8 Å². The molecule has 6 nitrogen and oxygen atoms in total. The lowest BCUT2D eigenvalue weighted by molar-refractivity contribution is -0.385. The van der Waals surface area contributed by atoms with Crippen LogP contribution in [0.5, 0.6) is 0 Å². The standard InChI is InChI=1S/C13H15N3O3/c14-8-9-7-11(3-6-13(9)16(18)19)15-10-1-4-12(17)5-2-10/h3,6-7,10,12,15,17H,1-2,4-5H2. The van der Waals surface area contributed by atoms with Gasteiger partial charge < -0.3 is 10.4 Å². The summed E-state index contributed by atoms with van der Waals surface area (Å²) >= 11 is 0. The van der Waals surface area contributed by atoms with Gasteiger partial charge >= 0.3 is 0 Å². The minimum absolute atomic E-state index is 0.0610. The first-order valence-electron chi connectivity index (χ1n) is 6.23. The third kappa shape index (κ3) is 3.20. The average Bonchev–Trinajstić information content (AvgIpc) is 2.41. The number of hydrogen-bond acceptors (Lipinski definition) is 5. The van der Waals surface area contributed by atoms with Gasteiger partial charge in [-0.05, 0) is 37.8 Å². The molecule has 1 aliphatic rings. The molecule has 2 N–H and O–H groups in total. The van der Waals surface area contributed by atoms with Crippen LogP contribution in [0.15, 0.2) is 18.2 Å². The van der Waals surface area contributed by atoms with E-state index < -0.39 is 4.92 Å². The number of aliphatic hydroxyl groups excluding tert-OH is 1. The summed E-state index contributed by atoms with van der Waals surface area (Å²) in [5, 5.41) is 32.3. The smallest absolute Gasteiger partial charge is 0.287 e. The Balaban J connectivity index is 2.09. The molecule has 1 aromatic rings. The Kier molecular flexibility index (Phi) is 3.97. The average molecular weight is 261 g/mol. The van der Waals surface area contributed by atoms with Gasteiger partial charge in [-0.3, -0.25) is 10.1 Å². The topological polar surface area (TPSA) is 99.2 Å². The van der Waals surface area contributed by atoms with Gasteiger partial charge in [-0.1, -0.05) is 0 Å². The van der Waals surface area contributed by atoms with Crippen molar-refractivity contribution in [2.45, 2.75) is 37.8 Å². The Morgan fingerprint density at radius 1 is 1.37 bits per heavy atom. The van der Waals surface area contributed by atoms with Crippen molar-refractivity contribution in [2.75, 3.05) is 5.32 Å². The van der Waals surface area contributed by atoms with E-state index in [2.05, 4.69) is 5.32 Å². The van der Waals surface area contributed by atoms with Crippen LogP contribution in [-0.2, 0) is 0 Å². The van der Waals surface area contributed by atoms with E-state index in [1.54, 1.807) is 6.07 Å². The summed E-state index contributed by atoms with van der Waals surface area (Å²) in [5.74, 6) is 0. The number of nitro benzene ring substituents is 1. The van der Waals surface area contributed by atoms with E-state index in [1.807, 2.05) is 6.07 Å². The Morgan fingerprint density at radius 2 is 2.05 bits per heavy atom. The molecule has 0 aromatic heterocycles. The summed E-state index contributed by atoms with van der Waals surface area (Å²) in [6, 6.07) is 6.55. The van der Waals surface area contributed by atoms with Crippen LogP contribution in [0, 0.1) is 21.4 Å². The molecule has 0 aliphatic heterocycles. The van der Waals surface area contributed by atoms with Gasteiger partial charge in [-0.2, -0.15) is 5.26 Å². The van der Waals surface area contributed by atoms with Gasteiger partial charge in [0.15, 0.2) is 0 Å². The molecule has 0 unspecified atom stereocenters. The van der Waals surface area contributed by atoms with Crippen LogP contribution >= 0.6 is 0 Å². The highest BCUT2D eigenvalue weighted by Gasteiger charge is 2.20. The van der Waals surface area contributed by atoms with Crippen LogP contribution in [0.25, 0.3) is 0 Å². The van der Waals surface area contributed by atoms with Gasteiger partial charge in [0.25, 0.3) is 5.69 Å². The predicted octanol–water partition coefficient (Wildman–Crippen LogP) is 2.18. The lowest BCUT2D eigenvalue weighted by Crippen LogP contribution is -2.28. The van der Waals surface area contributed by atoms with Gasteiger partial charge in [-0.25, -0.2) is 0 Å². The predicted molar refractivity (Wildman–Crippen MR) is 69.7 cm³/mol. The third-order valence-corrected chi connectivity index (χ3v) is 3.38. The van der Waals surface area contributed by atoms with Gasteiger partial charge in [0.05, 0.1) is 11.0 Å². The van der Waals surface area contributed by atoms with Crippen LogP contribution in [0.3, 0.4) is 0 Å². The van der Waals surface area contributed by atoms with Crippen molar-refractivity contribution < 1.29 is 10.0 Å². The first-order chi connectivity index (χ1) is 9.10. The van der Waals surface area contributed by atoms with Crippen LogP contribution in [0.2, 0.25) is 0 Å². The second-order valence-electron chi connectivity index (χ2n) is 4.75. The molecule has 1 fully saturated rings. The molecule has 0 heterocycles. The van der Waals surface area contributed by atoms with E-state index in [0.29, 0.717) is 5.69 Å². The second kappa shape index (κ2) is 5.67. The number of nitro groups is 1. The van der Waals surface area contributed by atoms with Crippen LogP contribution in [0.1, 0.15) is 31.2 Å². The fraction of sp³-hybridized carbons (Fsp3) is 0.462. The molecule has 1 saturated carbocycles. The third-order valence-electron chi connectivity index (χ3n) is 3.38. The monoisotopic (exact) mass is 261 g/mol. The van der Waals surface area contributed by atoms with Gasteiger partial charge in [-0.15, -0.1) is 0 Å². The highest BCUT2D eigenvalue weighted by molar-refractivity contribution is 5.59. The number of nitrogens with one attached hydrogen (secondary N) is 1. The fourth-order valence-corrected chi connectivity index (χ4v) is 2.33. The summed E-state index contributed by atoms with van der Waals surface area (Å²) in [4.78, 5) is 10.2. The maximum atomic E-state index is 10.7. The lowest BCUT2D eigenvalue weighted by Gasteiger charge is -2.27. The number of hydrogen-bond donors (Lipinski definition) is 2. The number of aliphatic hydroxyl groups is 1. The van der Waals surface area contributed by atoms with Crippen molar-refractivity contribution in [3.05, 3.63) is 33.9 Å². The number of benzene rings is 1. The molecule has 1 aromatic carbocycles. The van der Waals surface area contributed by atoms with Crippen molar-refractivity contribution >= 4 is 11.4 Å². The maximum Gasteiger partial charge on any atom is 0.287 e.